The Morgan fingerprint density at radius 2 is 2.09 bits per heavy atom. The summed E-state index contributed by atoms with van der Waals surface area (Å²) in [4.78, 5) is 22.9. The van der Waals surface area contributed by atoms with Gasteiger partial charge in [-0.3, -0.25) is 4.79 Å². The van der Waals surface area contributed by atoms with Crippen LogP contribution in [0.3, 0.4) is 0 Å². The van der Waals surface area contributed by atoms with Crippen LogP contribution in [-0.4, -0.2) is 36.3 Å². The molecule has 22 heavy (non-hydrogen) atoms. The van der Waals surface area contributed by atoms with Crippen LogP contribution in [-0.2, 0) is 14.3 Å². The molecule has 1 aromatic rings. The third-order valence-electron chi connectivity index (χ3n) is 3.62. The predicted molar refractivity (Wildman–Crippen MR) is 75.0 cm³/mol. The predicted octanol–water partition coefficient (Wildman–Crippen LogP) is 1.64. The van der Waals surface area contributed by atoms with Crippen molar-refractivity contribution in [2.75, 3.05) is 7.11 Å². The maximum atomic E-state index is 13.7. The molecule has 2 rings (SSSR count). The van der Waals surface area contributed by atoms with Gasteiger partial charge in [0.1, 0.15) is 6.10 Å². The van der Waals surface area contributed by atoms with Crippen molar-refractivity contribution in [3.05, 3.63) is 29.6 Å². The fourth-order valence-corrected chi connectivity index (χ4v) is 2.35. The number of ether oxygens (including phenoxy) is 2. The molecule has 6 nitrogen and oxygen atoms in total. The summed E-state index contributed by atoms with van der Waals surface area (Å²) < 4.78 is 23.7. The highest BCUT2D eigenvalue weighted by atomic mass is 19.1. The molecule has 3 atom stereocenters. The Morgan fingerprint density at radius 3 is 2.64 bits per heavy atom. The number of benzene rings is 1. The quantitative estimate of drug-likeness (QED) is 0.863. The van der Waals surface area contributed by atoms with Crippen LogP contribution in [0.2, 0.25) is 0 Å². The van der Waals surface area contributed by atoms with Crippen LogP contribution in [0.15, 0.2) is 18.2 Å². The lowest BCUT2D eigenvalue weighted by atomic mass is 10.1. The first kappa shape index (κ1) is 16.2. The molecule has 1 aliphatic rings. The van der Waals surface area contributed by atoms with Crippen molar-refractivity contribution in [2.24, 2.45) is 0 Å². The van der Waals surface area contributed by atoms with Crippen LogP contribution in [0.4, 0.5) is 4.39 Å². The molecule has 2 N–H and O–H groups in total. The lowest BCUT2D eigenvalue weighted by Crippen LogP contribution is -2.37. The van der Waals surface area contributed by atoms with E-state index < -0.39 is 35.9 Å². The first-order chi connectivity index (χ1) is 10.4. The molecule has 0 aromatic heterocycles. The second-order valence-electron chi connectivity index (χ2n) is 5.15. The van der Waals surface area contributed by atoms with Crippen LogP contribution >= 0.6 is 0 Å². The molecule has 120 valence electrons. The van der Waals surface area contributed by atoms with E-state index in [9.17, 15) is 14.0 Å². The van der Waals surface area contributed by atoms with Crippen LogP contribution < -0.4 is 10.1 Å². The van der Waals surface area contributed by atoms with Crippen molar-refractivity contribution in [3.63, 3.8) is 0 Å². The molecule has 0 saturated carbocycles. The Hall–Kier alpha value is -2.15. The van der Waals surface area contributed by atoms with E-state index in [0.717, 1.165) is 0 Å². The minimum absolute atomic E-state index is 0.130. The van der Waals surface area contributed by atoms with Gasteiger partial charge in [-0.25, -0.2) is 9.18 Å². The fourth-order valence-electron chi connectivity index (χ4n) is 2.35. The van der Waals surface area contributed by atoms with Crippen molar-refractivity contribution >= 4 is 11.9 Å². The van der Waals surface area contributed by atoms with Gasteiger partial charge < -0.3 is 19.9 Å². The minimum Gasteiger partial charge on any atom is -0.494 e. The van der Waals surface area contributed by atoms with Crippen LogP contribution in [0.25, 0.3) is 0 Å². The number of methoxy groups -OCH3 is 1. The number of aliphatic carboxylic acids is 1. The summed E-state index contributed by atoms with van der Waals surface area (Å²) in [7, 11) is 1.37. The summed E-state index contributed by atoms with van der Waals surface area (Å²) in [6, 6.07) is 4.00. The van der Waals surface area contributed by atoms with Crippen molar-refractivity contribution in [1.82, 2.24) is 5.32 Å². The van der Waals surface area contributed by atoms with E-state index in [-0.39, 0.29) is 5.75 Å². The van der Waals surface area contributed by atoms with Crippen molar-refractivity contribution in [3.8, 4) is 5.75 Å². The fraction of sp³-hybridized carbons (Fsp3) is 0.467. The van der Waals surface area contributed by atoms with Crippen LogP contribution in [0, 0.1) is 5.82 Å². The van der Waals surface area contributed by atoms with Gasteiger partial charge in [0.2, 0.25) is 5.91 Å². The molecule has 1 aromatic carbocycles. The number of carboxylic acids is 1. The Kier molecular flexibility index (Phi) is 4.97. The van der Waals surface area contributed by atoms with E-state index in [4.69, 9.17) is 14.6 Å². The SMILES string of the molecule is COc1ccc(C(C)NC(=O)[C@@H]2CC[C@H](C(=O)O)O2)cc1F. The molecule has 1 heterocycles. The second-order valence-corrected chi connectivity index (χ2v) is 5.15. The molecular formula is C15H18FNO5. The van der Waals surface area contributed by atoms with Gasteiger partial charge in [0.25, 0.3) is 0 Å². The summed E-state index contributed by atoms with van der Waals surface area (Å²) >= 11 is 0. The number of amides is 1. The standard InChI is InChI=1S/C15H18FNO5/c1-8(9-3-4-11(21-2)10(16)7-9)17-14(18)12-5-6-13(22-12)15(19)20/h3-4,7-8,12-13H,5-6H2,1-2H3,(H,17,18)(H,19,20)/t8?,12-,13+/m0/s1. The Morgan fingerprint density at radius 1 is 1.41 bits per heavy atom. The van der Waals surface area contributed by atoms with Gasteiger partial charge in [-0.15, -0.1) is 0 Å². The van der Waals surface area contributed by atoms with Gasteiger partial charge >= 0.3 is 5.97 Å². The van der Waals surface area contributed by atoms with Crippen LogP contribution in [0.5, 0.6) is 5.75 Å². The number of hydrogen-bond donors (Lipinski definition) is 2. The van der Waals surface area contributed by atoms with Gasteiger partial charge in [0, 0.05) is 0 Å². The van der Waals surface area contributed by atoms with E-state index >= 15 is 0 Å². The number of halogens is 1. The maximum absolute atomic E-state index is 13.7. The van der Waals surface area contributed by atoms with E-state index in [1.54, 1.807) is 13.0 Å². The minimum atomic E-state index is -1.07. The summed E-state index contributed by atoms with van der Waals surface area (Å²) in [5.74, 6) is -1.84. The van der Waals surface area contributed by atoms with E-state index in [1.807, 2.05) is 0 Å². The molecule has 0 spiro atoms. The molecule has 0 aliphatic carbocycles. The third-order valence-corrected chi connectivity index (χ3v) is 3.62. The number of rotatable bonds is 5. The molecule has 7 heteroatoms. The molecule has 1 aliphatic heterocycles. The van der Waals surface area contributed by atoms with E-state index in [2.05, 4.69) is 5.32 Å². The Balaban J connectivity index is 1.97. The highest BCUT2D eigenvalue weighted by Gasteiger charge is 2.35. The molecular weight excluding hydrogens is 293 g/mol. The van der Waals surface area contributed by atoms with Crippen molar-refractivity contribution < 1.29 is 28.6 Å². The highest BCUT2D eigenvalue weighted by Crippen LogP contribution is 2.24. The average Bonchev–Trinajstić information content (AvgIpc) is 2.97. The molecule has 1 fully saturated rings. The lowest BCUT2D eigenvalue weighted by molar-refractivity contribution is -0.151. The number of carboxylic acid groups (broad SMARTS) is 1. The van der Waals surface area contributed by atoms with Crippen molar-refractivity contribution in [1.29, 1.82) is 0 Å². The third kappa shape index (κ3) is 3.54. The monoisotopic (exact) mass is 311 g/mol. The first-order valence-corrected chi connectivity index (χ1v) is 6.94. The zero-order valence-electron chi connectivity index (χ0n) is 12.3. The zero-order chi connectivity index (χ0) is 16.3. The van der Waals surface area contributed by atoms with Crippen molar-refractivity contribution in [2.45, 2.75) is 38.0 Å². The summed E-state index contributed by atoms with van der Waals surface area (Å²) in [5.41, 5.74) is 0.583. The van der Waals surface area contributed by atoms with Gasteiger partial charge in [-0.1, -0.05) is 6.07 Å². The normalized spacial score (nSPS) is 22.1. The Bertz CT molecular complexity index is 577. The average molecular weight is 311 g/mol. The largest absolute Gasteiger partial charge is 0.494 e. The van der Waals surface area contributed by atoms with Gasteiger partial charge in [-0.05, 0) is 37.5 Å². The number of nitrogens with one attached hydrogen (secondary N) is 1. The Labute approximate surface area is 127 Å². The topological polar surface area (TPSA) is 84.9 Å². The zero-order valence-corrected chi connectivity index (χ0v) is 12.3. The molecule has 1 unspecified atom stereocenters. The maximum Gasteiger partial charge on any atom is 0.332 e. The molecule has 1 saturated heterocycles. The molecule has 0 radical (unpaired) electrons. The summed E-state index contributed by atoms with van der Waals surface area (Å²) in [6.45, 7) is 1.71. The molecule has 0 bridgehead atoms. The van der Waals surface area contributed by atoms with Crippen LogP contribution in [0.1, 0.15) is 31.4 Å². The summed E-state index contributed by atoms with van der Waals surface area (Å²) in [6.07, 6.45) is -1.07. The highest BCUT2D eigenvalue weighted by molar-refractivity contribution is 5.83. The number of hydrogen-bond acceptors (Lipinski definition) is 4. The van der Waals surface area contributed by atoms with Gasteiger partial charge in [0.05, 0.1) is 13.2 Å². The van der Waals surface area contributed by atoms with E-state index in [0.29, 0.717) is 18.4 Å². The summed E-state index contributed by atoms with van der Waals surface area (Å²) in [5, 5.41) is 11.5. The number of carbonyl (C=O) groups is 2. The molecule has 1 amide bonds. The van der Waals surface area contributed by atoms with Gasteiger partial charge in [0.15, 0.2) is 17.7 Å². The lowest BCUT2D eigenvalue weighted by Gasteiger charge is -2.18. The second kappa shape index (κ2) is 6.74. The number of carbonyl (C=O) groups excluding carboxylic acids is 1. The van der Waals surface area contributed by atoms with E-state index in [1.165, 1.54) is 19.2 Å². The van der Waals surface area contributed by atoms with Gasteiger partial charge in [-0.2, -0.15) is 0 Å². The first-order valence-electron chi connectivity index (χ1n) is 6.94. The smallest absolute Gasteiger partial charge is 0.332 e.